The first-order valence-electron chi connectivity index (χ1n) is 5.41. The summed E-state index contributed by atoms with van der Waals surface area (Å²) in [5, 5.41) is 4.64. The average Bonchev–Trinajstić information content (AvgIpc) is 2.78. The van der Waals surface area contributed by atoms with Crippen molar-refractivity contribution in [2.45, 2.75) is 6.42 Å². The Hall–Kier alpha value is -1.25. The van der Waals surface area contributed by atoms with Crippen molar-refractivity contribution in [1.29, 1.82) is 0 Å². The van der Waals surface area contributed by atoms with E-state index in [2.05, 4.69) is 40.6 Å². The minimum Gasteiger partial charge on any atom is -0.361 e. The molecule has 0 saturated carbocycles. The van der Waals surface area contributed by atoms with Crippen molar-refractivity contribution < 1.29 is 0 Å². The lowest BCUT2D eigenvalue weighted by Crippen LogP contribution is -2.20. The quantitative estimate of drug-likeness (QED) is 0.780. The third kappa shape index (κ3) is 1.86. The van der Waals surface area contributed by atoms with Gasteiger partial charge in [0.2, 0.25) is 0 Å². The van der Waals surface area contributed by atoms with Crippen LogP contribution in [0.15, 0.2) is 36.5 Å². The molecular weight excluding hydrogens is 220 g/mol. The zero-order valence-electron chi connectivity index (χ0n) is 8.99. The van der Waals surface area contributed by atoms with Crippen LogP contribution in [0.2, 0.25) is 0 Å². The Morgan fingerprint density at radius 3 is 2.88 bits per heavy atom. The zero-order valence-corrected chi connectivity index (χ0v) is 9.81. The van der Waals surface area contributed by atoms with E-state index in [-0.39, 0.29) is 12.4 Å². The zero-order chi connectivity index (χ0) is 10.1. The highest BCUT2D eigenvalue weighted by Gasteiger charge is 2.09. The molecule has 0 aliphatic carbocycles. The van der Waals surface area contributed by atoms with E-state index in [0.717, 1.165) is 19.5 Å². The molecular formula is C13H15ClN2. The van der Waals surface area contributed by atoms with Gasteiger partial charge in [-0.05, 0) is 30.0 Å². The molecule has 0 atom stereocenters. The predicted molar refractivity (Wildman–Crippen MR) is 71.0 cm³/mol. The highest BCUT2D eigenvalue weighted by Crippen LogP contribution is 2.26. The van der Waals surface area contributed by atoms with Crippen molar-refractivity contribution in [2.75, 3.05) is 13.1 Å². The molecule has 2 nitrogen and oxygen atoms in total. The Balaban J connectivity index is 0.000000963. The van der Waals surface area contributed by atoms with Crippen molar-refractivity contribution in [3.05, 3.63) is 42.1 Å². The first-order chi connectivity index (χ1) is 7.45. The topological polar surface area (TPSA) is 27.8 Å². The molecule has 3 heteroatoms. The van der Waals surface area contributed by atoms with Gasteiger partial charge in [0.05, 0.1) is 5.52 Å². The van der Waals surface area contributed by atoms with Crippen LogP contribution in [0, 0.1) is 0 Å². The number of hydrogen-bond donors (Lipinski definition) is 2. The number of fused-ring (bicyclic) bond motifs is 1. The van der Waals surface area contributed by atoms with Gasteiger partial charge in [0.1, 0.15) is 0 Å². The maximum atomic E-state index is 3.34. The van der Waals surface area contributed by atoms with Crippen LogP contribution in [0.1, 0.15) is 12.0 Å². The Bertz CT molecular complexity index is 513. The molecule has 0 unspecified atom stereocenters. The number of aromatic amines is 1. The lowest BCUT2D eigenvalue weighted by atomic mass is 9.98. The molecule has 0 spiro atoms. The molecule has 84 valence electrons. The van der Waals surface area contributed by atoms with E-state index in [1.54, 1.807) is 0 Å². The summed E-state index contributed by atoms with van der Waals surface area (Å²) in [6, 6.07) is 8.61. The number of aromatic nitrogens is 1. The van der Waals surface area contributed by atoms with Crippen molar-refractivity contribution >= 4 is 28.9 Å². The van der Waals surface area contributed by atoms with E-state index in [1.165, 1.54) is 22.0 Å². The van der Waals surface area contributed by atoms with Gasteiger partial charge >= 0.3 is 0 Å². The summed E-state index contributed by atoms with van der Waals surface area (Å²) in [5.41, 5.74) is 4.09. The van der Waals surface area contributed by atoms with Crippen LogP contribution < -0.4 is 5.32 Å². The van der Waals surface area contributed by atoms with Crippen LogP contribution >= 0.6 is 12.4 Å². The lowest BCUT2D eigenvalue weighted by molar-refractivity contribution is 0.739. The summed E-state index contributed by atoms with van der Waals surface area (Å²) in [6.07, 6.45) is 5.42. The maximum absolute atomic E-state index is 3.34. The third-order valence-corrected chi connectivity index (χ3v) is 3.00. The van der Waals surface area contributed by atoms with Gasteiger partial charge in [-0.1, -0.05) is 24.3 Å². The van der Waals surface area contributed by atoms with Gasteiger partial charge < -0.3 is 10.3 Å². The smallest absolute Gasteiger partial charge is 0.0530 e. The van der Waals surface area contributed by atoms with Crippen LogP contribution in [-0.2, 0) is 0 Å². The van der Waals surface area contributed by atoms with Gasteiger partial charge in [0, 0.05) is 18.3 Å². The van der Waals surface area contributed by atoms with Gasteiger partial charge in [0.15, 0.2) is 0 Å². The first kappa shape index (κ1) is 11.2. The fourth-order valence-corrected chi connectivity index (χ4v) is 2.22. The largest absolute Gasteiger partial charge is 0.361 e. The molecule has 0 bridgehead atoms. The second-order valence-electron chi connectivity index (χ2n) is 3.93. The summed E-state index contributed by atoms with van der Waals surface area (Å²) in [5.74, 6) is 0. The molecule has 1 aliphatic heterocycles. The summed E-state index contributed by atoms with van der Waals surface area (Å²) in [4.78, 5) is 3.32. The molecule has 0 fully saturated rings. The van der Waals surface area contributed by atoms with Crippen LogP contribution in [-0.4, -0.2) is 18.1 Å². The predicted octanol–water partition coefficient (Wildman–Crippen LogP) is 2.97. The van der Waals surface area contributed by atoms with Gasteiger partial charge in [-0.3, -0.25) is 0 Å². The number of H-pyrrole nitrogens is 1. The first-order valence-corrected chi connectivity index (χ1v) is 5.41. The molecule has 16 heavy (non-hydrogen) atoms. The van der Waals surface area contributed by atoms with Crippen molar-refractivity contribution in [2.24, 2.45) is 0 Å². The molecule has 1 aliphatic rings. The number of rotatable bonds is 1. The molecule has 0 radical (unpaired) electrons. The van der Waals surface area contributed by atoms with Gasteiger partial charge in [-0.25, -0.2) is 0 Å². The van der Waals surface area contributed by atoms with E-state index in [9.17, 15) is 0 Å². The molecule has 2 N–H and O–H groups in total. The molecule has 1 aromatic carbocycles. The molecule has 0 saturated heterocycles. The van der Waals surface area contributed by atoms with Gasteiger partial charge in [0.25, 0.3) is 0 Å². The molecule has 0 amide bonds. The van der Waals surface area contributed by atoms with Gasteiger partial charge in [-0.2, -0.15) is 0 Å². The summed E-state index contributed by atoms with van der Waals surface area (Å²) < 4.78 is 0. The highest BCUT2D eigenvalue weighted by atomic mass is 35.5. The van der Waals surface area contributed by atoms with E-state index in [1.807, 2.05) is 6.20 Å². The average molecular weight is 235 g/mol. The Morgan fingerprint density at radius 2 is 2.06 bits per heavy atom. The van der Waals surface area contributed by atoms with Crippen LogP contribution in [0.5, 0.6) is 0 Å². The number of halogens is 1. The second kappa shape index (κ2) is 4.73. The summed E-state index contributed by atoms with van der Waals surface area (Å²) in [7, 11) is 0. The second-order valence-corrected chi connectivity index (χ2v) is 3.93. The molecule has 2 heterocycles. The van der Waals surface area contributed by atoms with E-state index in [0.29, 0.717) is 0 Å². The lowest BCUT2D eigenvalue weighted by Gasteiger charge is -2.14. The number of para-hydroxylation sites is 1. The monoisotopic (exact) mass is 234 g/mol. The van der Waals surface area contributed by atoms with Crippen molar-refractivity contribution in [3.63, 3.8) is 0 Å². The number of benzene rings is 1. The number of hydrogen-bond acceptors (Lipinski definition) is 1. The minimum absolute atomic E-state index is 0. The third-order valence-electron chi connectivity index (χ3n) is 3.00. The van der Waals surface area contributed by atoms with Crippen LogP contribution in [0.4, 0.5) is 0 Å². The summed E-state index contributed by atoms with van der Waals surface area (Å²) in [6.45, 7) is 2.08. The van der Waals surface area contributed by atoms with E-state index >= 15 is 0 Å². The molecule has 3 rings (SSSR count). The Morgan fingerprint density at radius 1 is 1.12 bits per heavy atom. The minimum atomic E-state index is 0. The summed E-state index contributed by atoms with van der Waals surface area (Å²) >= 11 is 0. The maximum Gasteiger partial charge on any atom is 0.0530 e. The van der Waals surface area contributed by atoms with Gasteiger partial charge in [-0.15, -0.1) is 12.4 Å². The fourth-order valence-electron chi connectivity index (χ4n) is 2.22. The van der Waals surface area contributed by atoms with Crippen molar-refractivity contribution in [1.82, 2.24) is 10.3 Å². The number of nitrogens with one attached hydrogen (secondary N) is 2. The molecule has 2 aromatic rings. The Kier molecular flexibility index (Phi) is 3.32. The Labute approximate surface area is 101 Å². The van der Waals surface area contributed by atoms with Crippen LogP contribution in [0.25, 0.3) is 16.5 Å². The highest BCUT2D eigenvalue weighted by molar-refractivity contribution is 5.91. The molecule has 1 aromatic heterocycles. The van der Waals surface area contributed by atoms with E-state index in [4.69, 9.17) is 0 Å². The normalized spacial score (nSPS) is 15.6. The SMILES string of the molecule is C1=C(c2cccc3cc[nH]c23)CCNC1.Cl. The van der Waals surface area contributed by atoms with E-state index < -0.39 is 0 Å². The van der Waals surface area contributed by atoms with Crippen molar-refractivity contribution in [3.8, 4) is 0 Å². The fraction of sp³-hybridized carbons (Fsp3) is 0.231. The standard InChI is InChI=1S/C13H14N2.ClH/c1-2-11-6-9-15-13(11)12(3-1)10-4-7-14-8-5-10;/h1-4,6,9,14-15H,5,7-8H2;1H. The van der Waals surface area contributed by atoms with Crippen LogP contribution in [0.3, 0.4) is 0 Å².